The molecule has 15 heavy (non-hydrogen) atoms. The van der Waals surface area contributed by atoms with Crippen LogP contribution in [0, 0.1) is 0 Å². The lowest BCUT2D eigenvalue weighted by Gasteiger charge is -2.16. The van der Waals surface area contributed by atoms with E-state index >= 15 is 0 Å². The SMILES string of the molecule is C[C@H](N)c1cccc(C(O)C(F)(F)F)c1. The summed E-state index contributed by atoms with van der Waals surface area (Å²) in [6.07, 6.45) is -7.09. The van der Waals surface area contributed by atoms with Crippen molar-refractivity contribution >= 4 is 0 Å². The van der Waals surface area contributed by atoms with E-state index in [4.69, 9.17) is 10.8 Å². The van der Waals surface area contributed by atoms with Gasteiger partial charge in [-0.05, 0) is 18.1 Å². The molecule has 2 nitrogen and oxygen atoms in total. The van der Waals surface area contributed by atoms with Crippen molar-refractivity contribution in [1.82, 2.24) is 0 Å². The fourth-order valence-corrected chi connectivity index (χ4v) is 1.20. The van der Waals surface area contributed by atoms with Crippen molar-refractivity contribution in [2.45, 2.75) is 25.2 Å². The van der Waals surface area contributed by atoms with Gasteiger partial charge in [0.15, 0.2) is 6.10 Å². The Kier molecular flexibility index (Phi) is 3.36. The van der Waals surface area contributed by atoms with Crippen molar-refractivity contribution in [3.8, 4) is 0 Å². The molecule has 0 fully saturated rings. The van der Waals surface area contributed by atoms with Gasteiger partial charge in [-0.15, -0.1) is 0 Å². The van der Waals surface area contributed by atoms with Gasteiger partial charge in [-0.2, -0.15) is 13.2 Å². The van der Waals surface area contributed by atoms with Gasteiger partial charge in [0, 0.05) is 6.04 Å². The van der Waals surface area contributed by atoms with E-state index in [0.29, 0.717) is 5.56 Å². The molecule has 1 aromatic rings. The summed E-state index contributed by atoms with van der Waals surface area (Å²) in [6.45, 7) is 1.67. The van der Waals surface area contributed by atoms with E-state index in [0.717, 1.165) is 0 Å². The first-order chi connectivity index (χ1) is 6.82. The van der Waals surface area contributed by atoms with Crippen LogP contribution < -0.4 is 5.73 Å². The van der Waals surface area contributed by atoms with Crippen LogP contribution >= 0.6 is 0 Å². The second kappa shape index (κ2) is 4.20. The minimum atomic E-state index is -4.64. The van der Waals surface area contributed by atoms with E-state index in [-0.39, 0.29) is 11.6 Å². The first-order valence-corrected chi connectivity index (χ1v) is 4.42. The minimum Gasteiger partial charge on any atom is -0.379 e. The first kappa shape index (κ1) is 12.0. The van der Waals surface area contributed by atoms with Gasteiger partial charge in [-0.1, -0.05) is 24.3 Å². The smallest absolute Gasteiger partial charge is 0.379 e. The fraction of sp³-hybridized carbons (Fsp3) is 0.400. The normalized spacial score (nSPS) is 16.1. The third kappa shape index (κ3) is 2.94. The third-order valence-electron chi connectivity index (χ3n) is 2.06. The molecule has 0 aliphatic carbocycles. The predicted molar refractivity (Wildman–Crippen MR) is 50.1 cm³/mol. The molecule has 0 amide bonds. The van der Waals surface area contributed by atoms with Gasteiger partial charge in [0.1, 0.15) is 0 Å². The molecule has 0 saturated carbocycles. The van der Waals surface area contributed by atoms with Crippen molar-refractivity contribution in [1.29, 1.82) is 0 Å². The quantitative estimate of drug-likeness (QED) is 0.801. The Morgan fingerprint density at radius 2 is 1.80 bits per heavy atom. The highest BCUT2D eigenvalue weighted by molar-refractivity contribution is 5.27. The predicted octanol–water partition coefficient (Wildman–Crippen LogP) is 2.30. The number of aliphatic hydroxyl groups is 1. The molecule has 2 atom stereocenters. The molecular formula is C10H12F3NO. The number of alkyl halides is 3. The van der Waals surface area contributed by atoms with E-state index in [1.54, 1.807) is 13.0 Å². The molecule has 0 bridgehead atoms. The Morgan fingerprint density at radius 1 is 1.27 bits per heavy atom. The zero-order valence-corrected chi connectivity index (χ0v) is 8.12. The highest BCUT2D eigenvalue weighted by atomic mass is 19.4. The van der Waals surface area contributed by atoms with Gasteiger partial charge in [0.05, 0.1) is 0 Å². The van der Waals surface area contributed by atoms with E-state index in [2.05, 4.69) is 0 Å². The van der Waals surface area contributed by atoms with Crippen LogP contribution in [0.15, 0.2) is 24.3 Å². The van der Waals surface area contributed by atoms with Crippen LogP contribution in [0.5, 0.6) is 0 Å². The van der Waals surface area contributed by atoms with Crippen molar-refractivity contribution < 1.29 is 18.3 Å². The second-order valence-electron chi connectivity index (χ2n) is 3.40. The van der Waals surface area contributed by atoms with Gasteiger partial charge in [0.2, 0.25) is 0 Å². The summed E-state index contributed by atoms with van der Waals surface area (Å²) >= 11 is 0. The second-order valence-corrected chi connectivity index (χ2v) is 3.40. The summed E-state index contributed by atoms with van der Waals surface area (Å²) in [5, 5.41) is 9.00. The van der Waals surface area contributed by atoms with Crippen molar-refractivity contribution in [3.05, 3.63) is 35.4 Å². The highest BCUT2D eigenvalue weighted by Crippen LogP contribution is 2.32. The topological polar surface area (TPSA) is 46.2 Å². The molecule has 0 saturated heterocycles. The monoisotopic (exact) mass is 219 g/mol. The molecule has 0 spiro atoms. The van der Waals surface area contributed by atoms with Gasteiger partial charge in [-0.25, -0.2) is 0 Å². The molecule has 3 N–H and O–H groups in total. The Morgan fingerprint density at radius 3 is 2.27 bits per heavy atom. The van der Waals surface area contributed by atoms with E-state index < -0.39 is 12.3 Å². The van der Waals surface area contributed by atoms with Crippen LogP contribution in [0.25, 0.3) is 0 Å². The van der Waals surface area contributed by atoms with Crippen LogP contribution in [0.2, 0.25) is 0 Å². The molecule has 0 aliphatic rings. The highest BCUT2D eigenvalue weighted by Gasteiger charge is 2.39. The Labute approximate surface area is 85.5 Å². The van der Waals surface area contributed by atoms with Gasteiger partial charge in [-0.3, -0.25) is 0 Å². The van der Waals surface area contributed by atoms with Crippen molar-refractivity contribution in [3.63, 3.8) is 0 Å². The Balaban J connectivity index is 3.00. The van der Waals surface area contributed by atoms with Crippen LogP contribution in [0.3, 0.4) is 0 Å². The molecule has 84 valence electrons. The molecule has 1 unspecified atom stereocenters. The third-order valence-corrected chi connectivity index (χ3v) is 2.06. The van der Waals surface area contributed by atoms with Crippen molar-refractivity contribution in [2.24, 2.45) is 5.73 Å². The van der Waals surface area contributed by atoms with Crippen LogP contribution in [0.1, 0.15) is 30.2 Å². The van der Waals surface area contributed by atoms with Crippen LogP contribution in [0.4, 0.5) is 13.2 Å². The lowest BCUT2D eigenvalue weighted by molar-refractivity contribution is -0.206. The number of aliphatic hydroxyl groups excluding tert-OH is 1. The van der Waals surface area contributed by atoms with Crippen LogP contribution in [-0.4, -0.2) is 11.3 Å². The number of rotatable bonds is 2. The van der Waals surface area contributed by atoms with Gasteiger partial charge >= 0.3 is 6.18 Å². The summed E-state index contributed by atoms with van der Waals surface area (Å²) in [5.41, 5.74) is 5.91. The summed E-state index contributed by atoms with van der Waals surface area (Å²) in [5.74, 6) is 0. The number of halogens is 3. The summed E-state index contributed by atoms with van der Waals surface area (Å²) in [7, 11) is 0. The van der Waals surface area contributed by atoms with Crippen molar-refractivity contribution in [2.75, 3.05) is 0 Å². The Bertz CT molecular complexity index is 336. The van der Waals surface area contributed by atoms with E-state index in [1.807, 2.05) is 0 Å². The molecule has 0 heterocycles. The maximum atomic E-state index is 12.2. The molecule has 0 radical (unpaired) electrons. The van der Waals surface area contributed by atoms with Gasteiger partial charge in [0.25, 0.3) is 0 Å². The molecule has 1 rings (SSSR count). The number of nitrogens with two attached hydrogens (primary N) is 1. The number of hydrogen-bond donors (Lipinski definition) is 2. The molecule has 0 aliphatic heterocycles. The average Bonchev–Trinajstić information content (AvgIpc) is 2.15. The summed E-state index contributed by atoms with van der Waals surface area (Å²) < 4.78 is 36.6. The summed E-state index contributed by atoms with van der Waals surface area (Å²) in [6, 6.07) is 5.21. The molecule has 1 aromatic carbocycles. The van der Waals surface area contributed by atoms with Crippen LogP contribution in [-0.2, 0) is 0 Å². The zero-order valence-electron chi connectivity index (χ0n) is 8.12. The maximum absolute atomic E-state index is 12.2. The molecule has 0 aromatic heterocycles. The molecule has 5 heteroatoms. The largest absolute Gasteiger partial charge is 0.418 e. The van der Waals surface area contributed by atoms with E-state index in [1.165, 1.54) is 18.2 Å². The minimum absolute atomic E-state index is 0.183. The van der Waals surface area contributed by atoms with E-state index in [9.17, 15) is 13.2 Å². The maximum Gasteiger partial charge on any atom is 0.418 e. The molecular weight excluding hydrogens is 207 g/mol. The standard InChI is InChI=1S/C10H12F3NO/c1-6(14)7-3-2-4-8(5-7)9(15)10(11,12)13/h2-6,9,15H,14H2,1H3/t6-,9?/m0/s1. The lowest BCUT2D eigenvalue weighted by Crippen LogP contribution is -2.20. The number of benzene rings is 1. The average molecular weight is 219 g/mol. The fourth-order valence-electron chi connectivity index (χ4n) is 1.20. The number of hydrogen-bond acceptors (Lipinski definition) is 2. The van der Waals surface area contributed by atoms with Gasteiger partial charge < -0.3 is 10.8 Å². The summed E-state index contributed by atoms with van der Waals surface area (Å²) in [4.78, 5) is 0. The first-order valence-electron chi connectivity index (χ1n) is 4.42. The Hall–Kier alpha value is -1.07. The lowest BCUT2D eigenvalue weighted by atomic mass is 10.0. The zero-order chi connectivity index (χ0) is 11.6.